The van der Waals surface area contributed by atoms with Crippen molar-refractivity contribution in [1.82, 2.24) is 0 Å². The smallest absolute Gasteiger partial charge is 0.339 e. The lowest BCUT2D eigenvalue weighted by molar-refractivity contribution is 0.0601. The lowest BCUT2D eigenvalue weighted by atomic mass is 10.1. The molecule has 0 fully saturated rings. The van der Waals surface area contributed by atoms with E-state index in [0.29, 0.717) is 23.4 Å². The molecule has 0 atom stereocenters. The summed E-state index contributed by atoms with van der Waals surface area (Å²) in [7, 11) is 2.60. The fourth-order valence-corrected chi connectivity index (χ4v) is 2.09. The number of carbonyl (C=O) groups is 2. The molecule has 2 aromatic rings. The minimum atomic E-state index is -0.513. The fraction of sp³-hybridized carbons (Fsp3) is 0.176. The Morgan fingerprint density at radius 1 is 0.864 bits per heavy atom. The summed E-state index contributed by atoms with van der Waals surface area (Å²) in [5.74, 6) is -1.03. The Hall–Kier alpha value is -2.82. The van der Waals surface area contributed by atoms with E-state index in [0.717, 1.165) is 5.56 Å². The van der Waals surface area contributed by atoms with Gasteiger partial charge in [-0.1, -0.05) is 36.4 Å². The summed E-state index contributed by atoms with van der Waals surface area (Å²) >= 11 is 0. The molecule has 5 nitrogen and oxygen atoms in total. The Morgan fingerprint density at radius 2 is 1.41 bits per heavy atom. The van der Waals surface area contributed by atoms with Crippen molar-refractivity contribution in [3.05, 3.63) is 65.2 Å². The van der Waals surface area contributed by atoms with Gasteiger partial charge in [-0.15, -0.1) is 0 Å². The molecule has 5 heteroatoms. The van der Waals surface area contributed by atoms with Gasteiger partial charge in [-0.2, -0.15) is 0 Å². The molecule has 0 heterocycles. The van der Waals surface area contributed by atoms with E-state index < -0.39 is 11.9 Å². The van der Waals surface area contributed by atoms with Gasteiger partial charge in [-0.05, 0) is 17.7 Å². The van der Waals surface area contributed by atoms with E-state index in [-0.39, 0.29) is 0 Å². The van der Waals surface area contributed by atoms with E-state index in [2.05, 4.69) is 5.32 Å². The van der Waals surface area contributed by atoms with Crippen LogP contribution in [-0.4, -0.2) is 26.2 Å². The molecular weight excluding hydrogens is 282 g/mol. The maximum Gasteiger partial charge on any atom is 0.339 e. The van der Waals surface area contributed by atoms with Crippen LogP contribution in [0.25, 0.3) is 0 Å². The minimum Gasteiger partial charge on any atom is -0.465 e. The molecule has 0 aliphatic heterocycles. The summed E-state index contributed by atoms with van der Waals surface area (Å²) in [5.41, 5.74) is 2.02. The second kappa shape index (κ2) is 7.26. The van der Waals surface area contributed by atoms with E-state index in [9.17, 15) is 9.59 Å². The maximum absolute atomic E-state index is 11.9. The molecule has 0 aliphatic carbocycles. The predicted octanol–water partition coefficient (Wildman–Crippen LogP) is 2.87. The largest absolute Gasteiger partial charge is 0.465 e. The van der Waals surface area contributed by atoms with Crippen LogP contribution in [0.15, 0.2) is 48.5 Å². The summed E-state index contributed by atoms with van der Waals surface area (Å²) in [4.78, 5) is 23.8. The van der Waals surface area contributed by atoms with Gasteiger partial charge >= 0.3 is 11.9 Å². The van der Waals surface area contributed by atoms with E-state index in [1.54, 1.807) is 18.2 Å². The highest BCUT2D eigenvalue weighted by molar-refractivity contribution is 6.04. The van der Waals surface area contributed by atoms with Gasteiger partial charge in [0.25, 0.3) is 0 Å². The van der Waals surface area contributed by atoms with Crippen molar-refractivity contribution < 1.29 is 19.1 Å². The summed E-state index contributed by atoms with van der Waals surface area (Å²) in [6.07, 6.45) is 0. The number of esters is 2. The van der Waals surface area contributed by atoms with E-state index >= 15 is 0 Å². The Labute approximate surface area is 128 Å². The van der Waals surface area contributed by atoms with Crippen molar-refractivity contribution in [1.29, 1.82) is 0 Å². The Bertz CT molecular complexity index is 633. The van der Waals surface area contributed by atoms with Gasteiger partial charge in [0, 0.05) is 6.54 Å². The molecule has 0 unspecified atom stereocenters. The van der Waals surface area contributed by atoms with Gasteiger partial charge in [0.1, 0.15) is 0 Å². The first-order valence-electron chi connectivity index (χ1n) is 6.74. The zero-order valence-corrected chi connectivity index (χ0v) is 12.5. The van der Waals surface area contributed by atoms with Crippen LogP contribution in [0.3, 0.4) is 0 Å². The molecule has 0 saturated carbocycles. The molecule has 1 N–H and O–H groups in total. The highest BCUT2D eigenvalue weighted by atomic mass is 16.5. The molecule has 0 aromatic heterocycles. The van der Waals surface area contributed by atoms with Crippen molar-refractivity contribution in [3.63, 3.8) is 0 Å². The minimum absolute atomic E-state index is 0.293. The average Bonchev–Trinajstić information content (AvgIpc) is 2.59. The number of anilines is 1. The first-order valence-corrected chi connectivity index (χ1v) is 6.74. The third kappa shape index (κ3) is 3.44. The molecule has 2 rings (SSSR count). The monoisotopic (exact) mass is 299 g/mol. The summed E-state index contributed by atoms with van der Waals surface area (Å²) in [6.45, 7) is 0.471. The zero-order chi connectivity index (χ0) is 15.9. The molecule has 0 saturated heterocycles. The molecule has 22 heavy (non-hydrogen) atoms. The molecule has 2 aromatic carbocycles. The second-order valence-corrected chi connectivity index (χ2v) is 4.55. The molecular formula is C17H17NO4. The molecule has 0 aliphatic rings. The number of nitrogens with one attached hydrogen (secondary N) is 1. The van der Waals surface area contributed by atoms with Crippen LogP contribution in [-0.2, 0) is 16.0 Å². The van der Waals surface area contributed by atoms with Crippen LogP contribution in [0.2, 0.25) is 0 Å². The Morgan fingerprint density at radius 3 is 1.91 bits per heavy atom. The normalized spacial score (nSPS) is 9.91. The number of hydrogen-bond donors (Lipinski definition) is 1. The van der Waals surface area contributed by atoms with Gasteiger partial charge in [-0.25, -0.2) is 9.59 Å². The highest BCUT2D eigenvalue weighted by Gasteiger charge is 2.19. The van der Waals surface area contributed by atoms with E-state index in [1.165, 1.54) is 14.2 Å². The topological polar surface area (TPSA) is 64.6 Å². The molecule has 114 valence electrons. The van der Waals surface area contributed by atoms with Gasteiger partial charge in [0.05, 0.1) is 31.0 Å². The Kier molecular flexibility index (Phi) is 5.14. The van der Waals surface area contributed by atoms with E-state index in [4.69, 9.17) is 9.47 Å². The standard InChI is InChI=1S/C17H17NO4/c1-21-16(19)13-9-6-10-14(17(20)22-2)15(13)18-11-12-7-4-3-5-8-12/h3-10,18H,11H2,1-2H3. The van der Waals surface area contributed by atoms with Crippen LogP contribution in [0, 0.1) is 0 Å². The lowest BCUT2D eigenvalue weighted by Crippen LogP contribution is -2.14. The van der Waals surface area contributed by atoms with Crippen LogP contribution in [0.4, 0.5) is 5.69 Å². The average molecular weight is 299 g/mol. The van der Waals surface area contributed by atoms with Gasteiger partial charge in [0.2, 0.25) is 0 Å². The number of ether oxygens (including phenoxy) is 2. The van der Waals surface area contributed by atoms with Crippen LogP contribution in [0.1, 0.15) is 26.3 Å². The fourth-order valence-electron chi connectivity index (χ4n) is 2.09. The zero-order valence-electron chi connectivity index (χ0n) is 12.5. The predicted molar refractivity (Wildman–Crippen MR) is 82.9 cm³/mol. The third-order valence-electron chi connectivity index (χ3n) is 3.19. The SMILES string of the molecule is COC(=O)c1cccc(C(=O)OC)c1NCc1ccccc1. The number of carbonyl (C=O) groups excluding carboxylic acids is 2. The van der Waals surface area contributed by atoms with Crippen molar-refractivity contribution in [2.45, 2.75) is 6.54 Å². The third-order valence-corrected chi connectivity index (χ3v) is 3.19. The van der Waals surface area contributed by atoms with E-state index in [1.807, 2.05) is 30.3 Å². The van der Waals surface area contributed by atoms with Crippen LogP contribution < -0.4 is 5.32 Å². The number of methoxy groups -OCH3 is 2. The second-order valence-electron chi connectivity index (χ2n) is 4.55. The van der Waals surface area contributed by atoms with Gasteiger partial charge in [0.15, 0.2) is 0 Å². The highest BCUT2D eigenvalue weighted by Crippen LogP contribution is 2.24. The molecule has 0 bridgehead atoms. The van der Waals surface area contributed by atoms with Crippen LogP contribution in [0.5, 0.6) is 0 Å². The number of rotatable bonds is 5. The summed E-state index contributed by atoms with van der Waals surface area (Å²) in [5, 5.41) is 3.13. The Balaban J connectivity index is 2.36. The molecule has 0 spiro atoms. The maximum atomic E-state index is 11.9. The summed E-state index contributed by atoms with van der Waals surface area (Å²) in [6, 6.07) is 14.5. The van der Waals surface area contributed by atoms with Crippen molar-refractivity contribution in [3.8, 4) is 0 Å². The van der Waals surface area contributed by atoms with Crippen LogP contribution >= 0.6 is 0 Å². The molecule has 0 amide bonds. The van der Waals surface area contributed by atoms with Crippen molar-refractivity contribution in [2.75, 3.05) is 19.5 Å². The quantitative estimate of drug-likeness (QED) is 0.860. The summed E-state index contributed by atoms with van der Waals surface area (Å²) < 4.78 is 9.53. The molecule has 0 radical (unpaired) electrons. The van der Waals surface area contributed by atoms with Gasteiger partial charge in [-0.3, -0.25) is 0 Å². The number of hydrogen-bond acceptors (Lipinski definition) is 5. The van der Waals surface area contributed by atoms with Crippen molar-refractivity contribution in [2.24, 2.45) is 0 Å². The number of para-hydroxylation sites is 1. The lowest BCUT2D eigenvalue weighted by Gasteiger charge is -2.14. The first-order chi connectivity index (χ1) is 10.7. The first kappa shape index (κ1) is 15.6. The van der Waals surface area contributed by atoms with Crippen molar-refractivity contribution >= 4 is 17.6 Å². The number of benzene rings is 2. The van der Waals surface area contributed by atoms with Gasteiger partial charge < -0.3 is 14.8 Å².